The van der Waals surface area contributed by atoms with Gasteiger partial charge in [0.05, 0.1) is 5.56 Å². The zero-order valence-corrected chi connectivity index (χ0v) is 17.4. The number of nitrogens with one attached hydrogen (secondary N) is 3. The SMILES string of the molecule is CC(C)(C)OC(=O)NCC(=O)Nc1cccc(NC(=O)c2ccccc2Br)c1. The first-order valence-electron chi connectivity index (χ1n) is 8.57. The van der Waals surface area contributed by atoms with Gasteiger partial charge in [0.25, 0.3) is 5.91 Å². The van der Waals surface area contributed by atoms with Crippen LogP contribution in [-0.2, 0) is 9.53 Å². The van der Waals surface area contributed by atoms with Crippen molar-refractivity contribution in [3.05, 3.63) is 58.6 Å². The van der Waals surface area contributed by atoms with Crippen molar-refractivity contribution in [2.24, 2.45) is 0 Å². The number of hydrogen-bond acceptors (Lipinski definition) is 4. The average Bonchev–Trinajstić information content (AvgIpc) is 2.59. The van der Waals surface area contributed by atoms with Crippen molar-refractivity contribution in [2.75, 3.05) is 17.2 Å². The fourth-order valence-corrected chi connectivity index (χ4v) is 2.66. The highest BCUT2D eigenvalue weighted by Gasteiger charge is 2.16. The Bertz CT molecular complexity index is 878. The first-order valence-corrected chi connectivity index (χ1v) is 9.36. The van der Waals surface area contributed by atoms with Crippen molar-refractivity contribution in [1.82, 2.24) is 5.32 Å². The maximum Gasteiger partial charge on any atom is 0.408 e. The summed E-state index contributed by atoms with van der Waals surface area (Å²) in [5.41, 5.74) is 0.874. The molecule has 2 aromatic carbocycles. The zero-order valence-electron chi connectivity index (χ0n) is 15.8. The Morgan fingerprint density at radius 1 is 0.964 bits per heavy atom. The van der Waals surface area contributed by atoms with Crippen molar-refractivity contribution in [3.63, 3.8) is 0 Å². The Hall–Kier alpha value is -2.87. The van der Waals surface area contributed by atoms with Crippen LogP contribution in [-0.4, -0.2) is 30.1 Å². The van der Waals surface area contributed by atoms with E-state index in [1.54, 1.807) is 63.2 Å². The van der Waals surface area contributed by atoms with Crippen LogP contribution in [0.3, 0.4) is 0 Å². The summed E-state index contributed by atoms with van der Waals surface area (Å²) in [6, 6.07) is 13.8. The van der Waals surface area contributed by atoms with E-state index in [4.69, 9.17) is 4.74 Å². The van der Waals surface area contributed by atoms with Gasteiger partial charge < -0.3 is 20.7 Å². The highest BCUT2D eigenvalue weighted by molar-refractivity contribution is 9.10. The number of hydrogen-bond donors (Lipinski definition) is 3. The summed E-state index contributed by atoms with van der Waals surface area (Å²) in [7, 11) is 0. The van der Waals surface area contributed by atoms with E-state index in [0.717, 1.165) is 0 Å². The number of halogens is 1. The van der Waals surface area contributed by atoms with Gasteiger partial charge in [0.2, 0.25) is 5.91 Å². The molecule has 148 valence electrons. The summed E-state index contributed by atoms with van der Waals surface area (Å²) < 4.78 is 5.76. The number of rotatable bonds is 5. The number of ether oxygens (including phenoxy) is 1. The molecule has 0 unspecified atom stereocenters. The quantitative estimate of drug-likeness (QED) is 0.640. The van der Waals surface area contributed by atoms with Gasteiger partial charge in [0, 0.05) is 15.8 Å². The topological polar surface area (TPSA) is 96.5 Å². The molecule has 0 aliphatic carbocycles. The minimum Gasteiger partial charge on any atom is -0.444 e. The van der Waals surface area contributed by atoms with Gasteiger partial charge in [-0.15, -0.1) is 0 Å². The Balaban J connectivity index is 1.92. The lowest BCUT2D eigenvalue weighted by Crippen LogP contribution is -2.37. The third kappa shape index (κ3) is 7.03. The Kier molecular flexibility index (Phi) is 7.17. The summed E-state index contributed by atoms with van der Waals surface area (Å²) in [4.78, 5) is 36.0. The van der Waals surface area contributed by atoms with Crippen LogP contribution in [0.5, 0.6) is 0 Å². The molecule has 0 heterocycles. The fraction of sp³-hybridized carbons (Fsp3) is 0.250. The maximum atomic E-state index is 12.4. The van der Waals surface area contributed by atoms with E-state index in [-0.39, 0.29) is 12.5 Å². The van der Waals surface area contributed by atoms with Crippen molar-refractivity contribution in [2.45, 2.75) is 26.4 Å². The highest BCUT2D eigenvalue weighted by Crippen LogP contribution is 2.20. The zero-order chi connectivity index (χ0) is 20.7. The molecule has 7 nitrogen and oxygen atoms in total. The van der Waals surface area contributed by atoms with Crippen LogP contribution >= 0.6 is 15.9 Å². The highest BCUT2D eigenvalue weighted by atomic mass is 79.9. The normalized spacial score (nSPS) is 10.7. The summed E-state index contributed by atoms with van der Waals surface area (Å²) in [5.74, 6) is -0.692. The van der Waals surface area contributed by atoms with E-state index in [0.29, 0.717) is 21.4 Å². The molecule has 0 aliphatic heterocycles. The van der Waals surface area contributed by atoms with E-state index in [1.807, 2.05) is 6.07 Å². The first-order chi connectivity index (χ1) is 13.1. The smallest absolute Gasteiger partial charge is 0.408 e. The third-order valence-electron chi connectivity index (χ3n) is 3.31. The van der Waals surface area contributed by atoms with E-state index in [2.05, 4.69) is 31.9 Å². The van der Waals surface area contributed by atoms with Crippen LogP contribution in [0.15, 0.2) is 53.0 Å². The number of anilines is 2. The predicted octanol–water partition coefficient (Wildman–Crippen LogP) is 4.16. The molecule has 0 saturated carbocycles. The molecule has 3 amide bonds. The van der Waals surface area contributed by atoms with Crippen LogP contribution in [0.25, 0.3) is 0 Å². The predicted molar refractivity (Wildman–Crippen MR) is 111 cm³/mol. The second kappa shape index (κ2) is 9.36. The Morgan fingerprint density at radius 3 is 2.25 bits per heavy atom. The van der Waals surface area contributed by atoms with Crippen LogP contribution in [0.2, 0.25) is 0 Å². The lowest BCUT2D eigenvalue weighted by atomic mass is 10.2. The van der Waals surface area contributed by atoms with Crippen molar-refractivity contribution < 1.29 is 19.1 Å². The molecule has 3 N–H and O–H groups in total. The van der Waals surface area contributed by atoms with Gasteiger partial charge in [-0.2, -0.15) is 0 Å². The van der Waals surface area contributed by atoms with Crippen LogP contribution in [0.1, 0.15) is 31.1 Å². The monoisotopic (exact) mass is 447 g/mol. The molecule has 0 fully saturated rings. The van der Waals surface area contributed by atoms with E-state index >= 15 is 0 Å². The standard InChI is InChI=1S/C20H22BrN3O4/c1-20(2,3)28-19(27)22-12-17(25)23-13-7-6-8-14(11-13)24-18(26)15-9-4-5-10-16(15)21/h4-11H,12H2,1-3H3,(H,22,27)(H,23,25)(H,24,26). The molecule has 2 rings (SSSR count). The number of carbonyl (C=O) groups is 3. The second-order valence-electron chi connectivity index (χ2n) is 6.92. The molecule has 0 saturated heterocycles. The maximum absolute atomic E-state index is 12.4. The molecule has 2 aromatic rings. The number of carbonyl (C=O) groups excluding carboxylic acids is 3. The minimum atomic E-state index is -0.669. The largest absolute Gasteiger partial charge is 0.444 e. The molecule has 0 spiro atoms. The number of benzene rings is 2. The molecule has 0 aromatic heterocycles. The van der Waals surface area contributed by atoms with Gasteiger partial charge in [-0.05, 0) is 67.0 Å². The molecule has 0 radical (unpaired) electrons. The third-order valence-corrected chi connectivity index (χ3v) is 4.01. The van der Waals surface area contributed by atoms with Gasteiger partial charge in [0.1, 0.15) is 12.1 Å². The van der Waals surface area contributed by atoms with Gasteiger partial charge in [-0.25, -0.2) is 4.79 Å². The van der Waals surface area contributed by atoms with Gasteiger partial charge in [-0.1, -0.05) is 18.2 Å². The van der Waals surface area contributed by atoms with Crippen molar-refractivity contribution in [1.29, 1.82) is 0 Å². The van der Waals surface area contributed by atoms with Crippen molar-refractivity contribution in [3.8, 4) is 0 Å². The van der Waals surface area contributed by atoms with Gasteiger partial charge >= 0.3 is 6.09 Å². The molecule has 0 atom stereocenters. The molecular weight excluding hydrogens is 426 g/mol. The van der Waals surface area contributed by atoms with E-state index < -0.39 is 17.6 Å². The average molecular weight is 448 g/mol. The van der Waals surface area contributed by atoms with Gasteiger partial charge in [-0.3, -0.25) is 9.59 Å². The lowest BCUT2D eigenvalue weighted by Gasteiger charge is -2.19. The molecule has 0 aliphatic rings. The summed E-state index contributed by atoms with van der Waals surface area (Å²) in [6.07, 6.45) is -0.669. The molecule has 8 heteroatoms. The van der Waals surface area contributed by atoms with Crippen LogP contribution in [0.4, 0.5) is 16.2 Å². The lowest BCUT2D eigenvalue weighted by molar-refractivity contribution is -0.115. The summed E-state index contributed by atoms with van der Waals surface area (Å²) >= 11 is 3.34. The summed E-state index contributed by atoms with van der Waals surface area (Å²) in [5, 5.41) is 7.82. The van der Waals surface area contributed by atoms with Gasteiger partial charge in [0.15, 0.2) is 0 Å². The van der Waals surface area contributed by atoms with E-state index in [9.17, 15) is 14.4 Å². The number of amides is 3. The van der Waals surface area contributed by atoms with Crippen molar-refractivity contribution >= 4 is 45.2 Å². The minimum absolute atomic E-state index is 0.234. The van der Waals surface area contributed by atoms with E-state index in [1.165, 1.54) is 0 Å². The first kappa shape index (κ1) is 21.4. The second-order valence-corrected chi connectivity index (χ2v) is 7.77. The molecule has 0 bridgehead atoms. The Morgan fingerprint density at radius 2 is 1.61 bits per heavy atom. The van der Waals surface area contributed by atoms with Crippen LogP contribution < -0.4 is 16.0 Å². The summed E-state index contributed by atoms with van der Waals surface area (Å²) in [6.45, 7) is 4.98. The Labute approximate surface area is 172 Å². The number of alkyl carbamates (subject to hydrolysis) is 1. The molecule has 28 heavy (non-hydrogen) atoms. The van der Waals surface area contributed by atoms with Crippen LogP contribution in [0, 0.1) is 0 Å². The fourth-order valence-electron chi connectivity index (χ4n) is 2.19. The molecular formula is C20H22BrN3O4.